The van der Waals surface area contributed by atoms with E-state index in [1.807, 2.05) is 13.0 Å². The molecule has 0 unspecified atom stereocenters. The summed E-state index contributed by atoms with van der Waals surface area (Å²) in [5.41, 5.74) is 2.31. The monoisotopic (exact) mass is 253 g/mol. The summed E-state index contributed by atoms with van der Waals surface area (Å²) in [6.45, 7) is 1.90. The van der Waals surface area contributed by atoms with Crippen LogP contribution in [0.25, 0.3) is 22.8 Å². The van der Waals surface area contributed by atoms with Crippen molar-refractivity contribution in [3.63, 3.8) is 0 Å². The summed E-state index contributed by atoms with van der Waals surface area (Å²) in [5.74, 6) is 0.895. The number of aromatic hydroxyl groups is 1. The molecule has 19 heavy (non-hydrogen) atoms. The van der Waals surface area contributed by atoms with Gasteiger partial charge in [-0.15, -0.1) is 0 Å². The van der Waals surface area contributed by atoms with Crippen molar-refractivity contribution in [1.29, 1.82) is 0 Å². The van der Waals surface area contributed by atoms with Gasteiger partial charge in [-0.25, -0.2) is 0 Å². The molecule has 0 atom stereocenters. The third-order valence-electron chi connectivity index (χ3n) is 2.75. The number of nitrogens with zero attached hydrogens (tertiary/aromatic N) is 3. The average Bonchev–Trinajstić information content (AvgIpc) is 2.89. The summed E-state index contributed by atoms with van der Waals surface area (Å²) in [6.07, 6.45) is 3.32. The smallest absolute Gasteiger partial charge is 0.261 e. The Bertz CT molecular complexity index is 708. The van der Waals surface area contributed by atoms with Crippen LogP contribution < -0.4 is 0 Å². The van der Waals surface area contributed by atoms with Crippen LogP contribution in [-0.2, 0) is 0 Å². The van der Waals surface area contributed by atoms with Crippen molar-refractivity contribution in [2.45, 2.75) is 6.92 Å². The van der Waals surface area contributed by atoms with E-state index in [2.05, 4.69) is 15.1 Å². The predicted molar refractivity (Wildman–Crippen MR) is 69.4 cm³/mol. The quantitative estimate of drug-likeness (QED) is 0.760. The fourth-order valence-electron chi connectivity index (χ4n) is 1.77. The number of phenols is 1. The summed E-state index contributed by atoms with van der Waals surface area (Å²) < 4.78 is 5.18. The molecule has 0 aliphatic rings. The van der Waals surface area contributed by atoms with Gasteiger partial charge in [-0.3, -0.25) is 4.98 Å². The molecule has 0 fully saturated rings. The Hall–Kier alpha value is -2.69. The second kappa shape index (κ2) is 4.53. The minimum absolute atomic E-state index is 0.130. The molecule has 3 aromatic rings. The zero-order chi connectivity index (χ0) is 13.2. The Balaban J connectivity index is 2.02. The molecule has 0 spiro atoms. The highest BCUT2D eigenvalue weighted by Crippen LogP contribution is 2.29. The van der Waals surface area contributed by atoms with Crippen molar-refractivity contribution in [2.24, 2.45) is 0 Å². The minimum atomic E-state index is 0.130. The van der Waals surface area contributed by atoms with E-state index in [0.717, 1.165) is 11.1 Å². The van der Waals surface area contributed by atoms with Crippen LogP contribution in [0.2, 0.25) is 0 Å². The van der Waals surface area contributed by atoms with Gasteiger partial charge >= 0.3 is 0 Å². The zero-order valence-electron chi connectivity index (χ0n) is 10.2. The van der Waals surface area contributed by atoms with Gasteiger partial charge in [0, 0.05) is 18.0 Å². The number of benzene rings is 1. The summed E-state index contributed by atoms with van der Waals surface area (Å²) >= 11 is 0. The fourth-order valence-corrected chi connectivity index (χ4v) is 1.77. The zero-order valence-corrected chi connectivity index (χ0v) is 10.2. The first-order valence-corrected chi connectivity index (χ1v) is 5.78. The normalized spacial score (nSPS) is 10.6. The third kappa shape index (κ3) is 2.18. The summed E-state index contributed by atoms with van der Waals surface area (Å²) in [6, 6.07) is 8.89. The number of hydrogen-bond acceptors (Lipinski definition) is 5. The van der Waals surface area contributed by atoms with Crippen molar-refractivity contribution >= 4 is 0 Å². The Morgan fingerprint density at radius 2 is 1.89 bits per heavy atom. The molecule has 0 aliphatic heterocycles. The lowest BCUT2D eigenvalue weighted by atomic mass is 10.1. The SMILES string of the molecule is Cc1ccc(-c2nc(-c3ccncc3)no2)c(O)c1. The Labute approximate surface area is 109 Å². The minimum Gasteiger partial charge on any atom is -0.507 e. The number of phenolic OH excluding ortho intramolecular Hbond substituents is 1. The highest BCUT2D eigenvalue weighted by atomic mass is 16.5. The van der Waals surface area contributed by atoms with Crippen LogP contribution in [0.4, 0.5) is 0 Å². The van der Waals surface area contributed by atoms with Crippen LogP contribution in [0.3, 0.4) is 0 Å². The molecule has 2 aromatic heterocycles. The topological polar surface area (TPSA) is 72.0 Å². The molecule has 0 bridgehead atoms. The third-order valence-corrected chi connectivity index (χ3v) is 2.75. The first-order valence-electron chi connectivity index (χ1n) is 5.78. The van der Waals surface area contributed by atoms with E-state index >= 15 is 0 Å². The van der Waals surface area contributed by atoms with Crippen molar-refractivity contribution in [3.05, 3.63) is 48.3 Å². The van der Waals surface area contributed by atoms with Gasteiger partial charge in [0.2, 0.25) is 5.82 Å². The predicted octanol–water partition coefficient (Wildman–Crippen LogP) is 2.81. The lowest BCUT2D eigenvalue weighted by molar-refractivity contribution is 0.425. The van der Waals surface area contributed by atoms with Gasteiger partial charge in [0.15, 0.2) is 0 Å². The molecular weight excluding hydrogens is 242 g/mol. The van der Waals surface area contributed by atoms with E-state index < -0.39 is 0 Å². The van der Waals surface area contributed by atoms with Crippen molar-refractivity contribution in [3.8, 4) is 28.6 Å². The number of aromatic nitrogens is 3. The molecule has 94 valence electrons. The standard InChI is InChI=1S/C14H11N3O2/c1-9-2-3-11(12(18)8-9)14-16-13(17-19-14)10-4-6-15-7-5-10/h2-8,18H,1H3. The Morgan fingerprint density at radius 3 is 2.63 bits per heavy atom. The first-order chi connectivity index (χ1) is 9.24. The number of aryl methyl sites for hydroxylation is 1. The van der Waals surface area contributed by atoms with E-state index in [9.17, 15) is 5.11 Å². The van der Waals surface area contributed by atoms with Gasteiger partial charge in [-0.1, -0.05) is 11.2 Å². The maximum atomic E-state index is 9.89. The maximum Gasteiger partial charge on any atom is 0.261 e. The number of pyridine rings is 1. The lowest BCUT2D eigenvalue weighted by Gasteiger charge is -1.99. The molecule has 1 aromatic carbocycles. The van der Waals surface area contributed by atoms with E-state index in [0.29, 0.717) is 17.3 Å². The largest absolute Gasteiger partial charge is 0.507 e. The van der Waals surface area contributed by atoms with Crippen LogP contribution in [0.1, 0.15) is 5.56 Å². The van der Waals surface area contributed by atoms with E-state index in [-0.39, 0.29) is 5.75 Å². The van der Waals surface area contributed by atoms with Gasteiger partial charge < -0.3 is 9.63 Å². The average molecular weight is 253 g/mol. The molecule has 0 radical (unpaired) electrons. The van der Waals surface area contributed by atoms with Gasteiger partial charge in [0.25, 0.3) is 5.89 Å². The summed E-state index contributed by atoms with van der Waals surface area (Å²) in [4.78, 5) is 8.21. The van der Waals surface area contributed by atoms with Crippen LogP contribution in [-0.4, -0.2) is 20.2 Å². The molecule has 0 amide bonds. The van der Waals surface area contributed by atoms with E-state index in [1.54, 1.807) is 36.7 Å². The van der Waals surface area contributed by atoms with Crippen LogP contribution in [0, 0.1) is 6.92 Å². The second-order valence-electron chi connectivity index (χ2n) is 4.18. The molecule has 0 saturated heterocycles. The van der Waals surface area contributed by atoms with Crippen LogP contribution in [0.15, 0.2) is 47.2 Å². The second-order valence-corrected chi connectivity index (χ2v) is 4.18. The molecule has 1 N–H and O–H groups in total. The molecule has 0 aliphatic carbocycles. The molecule has 5 nitrogen and oxygen atoms in total. The Morgan fingerprint density at radius 1 is 1.11 bits per heavy atom. The summed E-state index contributed by atoms with van der Waals surface area (Å²) in [5, 5.41) is 13.8. The first kappa shape index (κ1) is 11.4. The highest BCUT2D eigenvalue weighted by Gasteiger charge is 2.13. The fraction of sp³-hybridized carbons (Fsp3) is 0.0714. The Kier molecular flexibility index (Phi) is 2.72. The molecule has 2 heterocycles. The van der Waals surface area contributed by atoms with Crippen molar-refractivity contribution in [2.75, 3.05) is 0 Å². The van der Waals surface area contributed by atoms with Gasteiger partial charge in [-0.2, -0.15) is 4.98 Å². The number of hydrogen-bond donors (Lipinski definition) is 1. The van der Waals surface area contributed by atoms with Gasteiger partial charge in [0.1, 0.15) is 5.75 Å². The molecule has 0 saturated carbocycles. The van der Waals surface area contributed by atoms with Gasteiger partial charge in [0.05, 0.1) is 5.56 Å². The summed E-state index contributed by atoms with van der Waals surface area (Å²) in [7, 11) is 0. The molecular formula is C14H11N3O2. The van der Waals surface area contributed by atoms with Crippen LogP contribution >= 0.6 is 0 Å². The van der Waals surface area contributed by atoms with E-state index in [4.69, 9.17) is 4.52 Å². The van der Waals surface area contributed by atoms with E-state index in [1.165, 1.54) is 0 Å². The van der Waals surface area contributed by atoms with Crippen molar-refractivity contribution in [1.82, 2.24) is 15.1 Å². The van der Waals surface area contributed by atoms with Gasteiger partial charge in [-0.05, 0) is 36.8 Å². The number of rotatable bonds is 2. The highest BCUT2D eigenvalue weighted by molar-refractivity contribution is 5.65. The molecule has 5 heteroatoms. The van der Waals surface area contributed by atoms with Crippen LogP contribution in [0.5, 0.6) is 5.75 Å². The van der Waals surface area contributed by atoms with Crippen molar-refractivity contribution < 1.29 is 9.63 Å². The maximum absolute atomic E-state index is 9.89. The lowest BCUT2D eigenvalue weighted by Crippen LogP contribution is -1.83. The molecule has 3 rings (SSSR count).